The molecule has 0 spiro atoms. The van der Waals surface area contributed by atoms with Gasteiger partial charge in [0.2, 0.25) is 0 Å². The van der Waals surface area contributed by atoms with Crippen molar-refractivity contribution in [2.45, 2.75) is 19.3 Å². The maximum absolute atomic E-state index is 12.1. The van der Waals surface area contributed by atoms with Crippen molar-refractivity contribution in [3.05, 3.63) is 59.2 Å². The Morgan fingerprint density at radius 2 is 1.71 bits per heavy atom. The first-order valence-electron chi connectivity index (χ1n) is 6.17. The van der Waals surface area contributed by atoms with E-state index in [9.17, 15) is 18.3 Å². The Hall–Kier alpha value is -2.21. The van der Waals surface area contributed by atoms with E-state index in [1.807, 2.05) is 0 Å². The standard InChI is InChI=1S/C15H14F3NO2/c1-9-3-2-4-12(14(9)20)13(19)10-5-7-11(8-6-10)21-15(16,17)18/h2-8,13,20H,19H2,1H3/t13-/m1/s1. The van der Waals surface area contributed by atoms with Crippen LogP contribution in [0.5, 0.6) is 11.5 Å². The van der Waals surface area contributed by atoms with Gasteiger partial charge in [0.15, 0.2) is 0 Å². The number of para-hydroxylation sites is 1. The zero-order valence-corrected chi connectivity index (χ0v) is 11.2. The summed E-state index contributed by atoms with van der Waals surface area (Å²) in [4.78, 5) is 0. The van der Waals surface area contributed by atoms with Crippen molar-refractivity contribution in [2.75, 3.05) is 0 Å². The summed E-state index contributed by atoms with van der Waals surface area (Å²) in [5.41, 5.74) is 7.81. The first-order chi connectivity index (χ1) is 9.78. The number of nitrogens with two attached hydrogens (primary N) is 1. The van der Waals surface area contributed by atoms with Crippen molar-refractivity contribution in [2.24, 2.45) is 5.73 Å². The third-order valence-corrected chi connectivity index (χ3v) is 3.08. The molecule has 21 heavy (non-hydrogen) atoms. The molecule has 2 aromatic carbocycles. The number of benzene rings is 2. The summed E-state index contributed by atoms with van der Waals surface area (Å²) in [5.74, 6) is -0.229. The molecule has 0 amide bonds. The number of hydrogen-bond donors (Lipinski definition) is 2. The molecule has 0 radical (unpaired) electrons. The molecular formula is C15H14F3NO2. The van der Waals surface area contributed by atoms with Gasteiger partial charge in [-0.25, -0.2) is 0 Å². The second kappa shape index (κ2) is 5.65. The number of phenolic OH excluding ortho intramolecular Hbond substituents is 1. The molecule has 0 fully saturated rings. The Kier molecular flexibility index (Phi) is 4.09. The van der Waals surface area contributed by atoms with Gasteiger partial charge in [0, 0.05) is 5.56 Å². The van der Waals surface area contributed by atoms with E-state index in [2.05, 4.69) is 4.74 Å². The highest BCUT2D eigenvalue weighted by Crippen LogP contribution is 2.31. The van der Waals surface area contributed by atoms with E-state index >= 15 is 0 Å². The van der Waals surface area contributed by atoms with Crippen molar-refractivity contribution >= 4 is 0 Å². The summed E-state index contributed by atoms with van der Waals surface area (Å²) < 4.78 is 40.0. The molecule has 0 saturated carbocycles. The van der Waals surface area contributed by atoms with Crippen molar-refractivity contribution in [3.63, 3.8) is 0 Å². The Morgan fingerprint density at radius 3 is 2.29 bits per heavy atom. The lowest BCUT2D eigenvalue weighted by Crippen LogP contribution is -2.17. The van der Waals surface area contributed by atoms with E-state index in [0.29, 0.717) is 16.7 Å². The molecule has 2 aromatic rings. The number of phenols is 1. The fraction of sp³-hybridized carbons (Fsp3) is 0.200. The Bertz CT molecular complexity index is 624. The SMILES string of the molecule is Cc1cccc([C@H](N)c2ccc(OC(F)(F)F)cc2)c1O. The molecule has 1 atom stereocenters. The third-order valence-electron chi connectivity index (χ3n) is 3.08. The van der Waals surface area contributed by atoms with Crippen LogP contribution in [0.25, 0.3) is 0 Å². The van der Waals surface area contributed by atoms with Gasteiger partial charge in [-0.15, -0.1) is 13.2 Å². The van der Waals surface area contributed by atoms with Gasteiger partial charge in [-0.1, -0.05) is 30.3 Å². The highest BCUT2D eigenvalue weighted by Gasteiger charge is 2.31. The van der Waals surface area contributed by atoms with Gasteiger partial charge >= 0.3 is 6.36 Å². The molecule has 0 saturated heterocycles. The Balaban J connectivity index is 2.24. The largest absolute Gasteiger partial charge is 0.573 e. The number of aryl methyl sites for hydroxylation is 1. The molecule has 0 unspecified atom stereocenters. The van der Waals surface area contributed by atoms with E-state index in [4.69, 9.17) is 5.73 Å². The second-order valence-electron chi connectivity index (χ2n) is 4.61. The van der Waals surface area contributed by atoms with Gasteiger partial charge in [-0.3, -0.25) is 0 Å². The summed E-state index contributed by atoms with van der Waals surface area (Å²) in [6.45, 7) is 1.74. The van der Waals surface area contributed by atoms with Crippen LogP contribution >= 0.6 is 0 Å². The monoisotopic (exact) mass is 297 g/mol. The Labute approximate surface area is 119 Å². The molecule has 6 heteroatoms. The molecule has 0 bridgehead atoms. The van der Waals surface area contributed by atoms with Crippen LogP contribution in [0.2, 0.25) is 0 Å². The van der Waals surface area contributed by atoms with Crippen molar-refractivity contribution in [3.8, 4) is 11.5 Å². The van der Waals surface area contributed by atoms with Gasteiger partial charge in [-0.2, -0.15) is 0 Å². The van der Waals surface area contributed by atoms with Crippen molar-refractivity contribution < 1.29 is 23.0 Å². The van der Waals surface area contributed by atoms with Crippen LogP contribution in [0, 0.1) is 6.92 Å². The molecule has 0 aliphatic rings. The molecule has 112 valence electrons. The first kappa shape index (κ1) is 15.2. The number of ether oxygens (including phenoxy) is 1. The average Bonchev–Trinajstić information content (AvgIpc) is 2.40. The highest BCUT2D eigenvalue weighted by atomic mass is 19.4. The maximum atomic E-state index is 12.1. The lowest BCUT2D eigenvalue weighted by Gasteiger charge is -2.16. The highest BCUT2D eigenvalue weighted by molar-refractivity contribution is 5.45. The summed E-state index contributed by atoms with van der Waals surface area (Å²) in [5, 5.41) is 9.98. The van der Waals surface area contributed by atoms with Gasteiger partial charge in [0.25, 0.3) is 0 Å². The minimum Gasteiger partial charge on any atom is -0.507 e. The van der Waals surface area contributed by atoms with E-state index in [0.717, 1.165) is 0 Å². The quantitative estimate of drug-likeness (QED) is 0.909. The van der Waals surface area contributed by atoms with Gasteiger partial charge in [0.1, 0.15) is 11.5 Å². The normalized spacial score (nSPS) is 13.0. The number of alkyl halides is 3. The topological polar surface area (TPSA) is 55.5 Å². The minimum absolute atomic E-state index is 0.0839. The van der Waals surface area contributed by atoms with E-state index < -0.39 is 12.4 Å². The van der Waals surface area contributed by atoms with Gasteiger partial charge in [0.05, 0.1) is 6.04 Å². The lowest BCUT2D eigenvalue weighted by molar-refractivity contribution is -0.274. The maximum Gasteiger partial charge on any atom is 0.573 e. The van der Waals surface area contributed by atoms with E-state index in [1.165, 1.54) is 24.3 Å². The molecule has 2 rings (SSSR count). The summed E-state index contributed by atoms with van der Waals surface area (Å²) in [6, 6.07) is 9.79. The van der Waals surface area contributed by atoms with Crippen molar-refractivity contribution in [1.29, 1.82) is 0 Å². The molecule has 3 nitrogen and oxygen atoms in total. The minimum atomic E-state index is -4.72. The fourth-order valence-electron chi connectivity index (χ4n) is 1.99. The van der Waals surface area contributed by atoms with Crippen LogP contribution in [-0.2, 0) is 0 Å². The van der Waals surface area contributed by atoms with Gasteiger partial charge < -0.3 is 15.6 Å². The Morgan fingerprint density at radius 1 is 1.10 bits per heavy atom. The molecule has 0 aliphatic carbocycles. The molecular weight excluding hydrogens is 283 g/mol. The fourth-order valence-corrected chi connectivity index (χ4v) is 1.99. The number of rotatable bonds is 3. The first-order valence-corrected chi connectivity index (χ1v) is 6.17. The zero-order chi connectivity index (χ0) is 15.6. The van der Waals surface area contributed by atoms with Crippen LogP contribution in [0.1, 0.15) is 22.7 Å². The zero-order valence-electron chi connectivity index (χ0n) is 11.2. The molecule has 0 heterocycles. The second-order valence-corrected chi connectivity index (χ2v) is 4.61. The molecule has 0 aliphatic heterocycles. The predicted molar refractivity (Wildman–Crippen MR) is 72.0 cm³/mol. The summed E-state index contributed by atoms with van der Waals surface area (Å²) in [6.07, 6.45) is -4.72. The van der Waals surface area contributed by atoms with Gasteiger partial charge in [-0.05, 0) is 30.2 Å². The number of aromatic hydroxyl groups is 1. The smallest absolute Gasteiger partial charge is 0.507 e. The molecule has 0 aromatic heterocycles. The average molecular weight is 297 g/mol. The molecule has 3 N–H and O–H groups in total. The number of hydrogen-bond acceptors (Lipinski definition) is 3. The predicted octanol–water partition coefficient (Wildman–Crippen LogP) is 3.65. The van der Waals surface area contributed by atoms with Crippen LogP contribution < -0.4 is 10.5 Å². The lowest BCUT2D eigenvalue weighted by atomic mass is 9.97. The van der Waals surface area contributed by atoms with E-state index in [-0.39, 0.29) is 11.5 Å². The van der Waals surface area contributed by atoms with Crippen LogP contribution in [-0.4, -0.2) is 11.5 Å². The van der Waals surface area contributed by atoms with E-state index in [1.54, 1.807) is 25.1 Å². The van der Waals surface area contributed by atoms with Crippen LogP contribution in [0.15, 0.2) is 42.5 Å². The van der Waals surface area contributed by atoms with Crippen LogP contribution in [0.3, 0.4) is 0 Å². The van der Waals surface area contributed by atoms with Crippen LogP contribution in [0.4, 0.5) is 13.2 Å². The number of halogens is 3. The van der Waals surface area contributed by atoms with Crippen molar-refractivity contribution in [1.82, 2.24) is 0 Å². The summed E-state index contributed by atoms with van der Waals surface area (Å²) in [7, 11) is 0. The third kappa shape index (κ3) is 3.66. The summed E-state index contributed by atoms with van der Waals surface area (Å²) >= 11 is 0.